The lowest BCUT2D eigenvalue weighted by Crippen LogP contribution is -2.36. The van der Waals surface area contributed by atoms with Gasteiger partial charge in [-0.2, -0.15) is 0 Å². The second kappa shape index (κ2) is 10.4. The van der Waals surface area contributed by atoms with Crippen molar-refractivity contribution in [2.24, 2.45) is 17.8 Å². The number of carbonyl (C=O) groups excluding carboxylic acids is 1. The molecule has 0 spiro atoms. The van der Waals surface area contributed by atoms with Gasteiger partial charge in [0, 0.05) is 19.5 Å². The third-order valence-corrected chi connectivity index (χ3v) is 5.70. The van der Waals surface area contributed by atoms with Gasteiger partial charge < -0.3 is 9.47 Å². The normalized spacial score (nSPS) is 28.9. The van der Waals surface area contributed by atoms with Crippen LogP contribution >= 0.6 is 0 Å². The maximum absolute atomic E-state index is 12.2. The van der Waals surface area contributed by atoms with Crippen molar-refractivity contribution in [1.29, 1.82) is 0 Å². The van der Waals surface area contributed by atoms with Crippen molar-refractivity contribution in [2.45, 2.75) is 71.8 Å². The summed E-state index contributed by atoms with van der Waals surface area (Å²) in [6.07, 6.45) is 7.50. The molecule has 3 unspecified atom stereocenters. The number of hydrogen-bond donors (Lipinski definition) is 0. The molecule has 1 saturated carbocycles. The summed E-state index contributed by atoms with van der Waals surface area (Å²) in [6, 6.07) is 0. The van der Waals surface area contributed by atoms with Crippen molar-refractivity contribution in [1.82, 2.24) is 4.90 Å². The van der Waals surface area contributed by atoms with Crippen LogP contribution in [0.4, 0.5) is 0 Å². The molecule has 0 aromatic rings. The van der Waals surface area contributed by atoms with Crippen LogP contribution in [0.25, 0.3) is 0 Å². The Morgan fingerprint density at radius 3 is 2.62 bits per heavy atom. The number of ether oxygens (including phenoxy) is 2. The SMILES string of the molecule is CC1CCC(C(C)C)C(OC(=O)CCCCCN2CCOCC2)C1. The van der Waals surface area contributed by atoms with Gasteiger partial charge in [-0.3, -0.25) is 9.69 Å². The van der Waals surface area contributed by atoms with Gasteiger partial charge in [0.25, 0.3) is 0 Å². The molecule has 24 heavy (non-hydrogen) atoms. The van der Waals surface area contributed by atoms with Crippen LogP contribution in [-0.2, 0) is 14.3 Å². The fraction of sp³-hybridized carbons (Fsp3) is 0.950. The first-order valence-corrected chi connectivity index (χ1v) is 10.1. The molecule has 3 atom stereocenters. The molecule has 2 rings (SSSR count). The molecular formula is C20H37NO3. The number of carbonyl (C=O) groups is 1. The van der Waals surface area contributed by atoms with Crippen LogP contribution in [0.15, 0.2) is 0 Å². The predicted molar refractivity (Wildman–Crippen MR) is 97.0 cm³/mol. The molecule has 0 bridgehead atoms. The molecule has 1 aliphatic heterocycles. The summed E-state index contributed by atoms with van der Waals surface area (Å²) in [5.41, 5.74) is 0. The molecule has 4 heteroatoms. The van der Waals surface area contributed by atoms with Crippen LogP contribution in [0.2, 0.25) is 0 Å². The summed E-state index contributed by atoms with van der Waals surface area (Å²) >= 11 is 0. The summed E-state index contributed by atoms with van der Waals surface area (Å²) < 4.78 is 11.2. The van der Waals surface area contributed by atoms with Crippen LogP contribution in [0.1, 0.15) is 65.7 Å². The third-order valence-electron chi connectivity index (χ3n) is 5.70. The van der Waals surface area contributed by atoms with E-state index in [0.717, 1.165) is 52.1 Å². The van der Waals surface area contributed by atoms with E-state index in [-0.39, 0.29) is 12.1 Å². The minimum atomic E-state index is 0.0196. The lowest BCUT2D eigenvalue weighted by Gasteiger charge is -2.36. The zero-order valence-electron chi connectivity index (χ0n) is 16.0. The summed E-state index contributed by atoms with van der Waals surface area (Å²) in [5, 5.41) is 0. The molecule has 0 aromatic heterocycles. The number of unbranched alkanes of at least 4 members (excludes halogenated alkanes) is 2. The van der Waals surface area contributed by atoms with Crippen molar-refractivity contribution < 1.29 is 14.3 Å². The van der Waals surface area contributed by atoms with Gasteiger partial charge in [-0.05, 0) is 50.0 Å². The predicted octanol–water partition coefficient (Wildman–Crippen LogP) is 3.88. The molecule has 1 heterocycles. The summed E-state index contributed by atoms with van der Waals surface area (Å²) in [6.45, 7) is 11.8. The largest absolute Gasteiger partial charge is 0.462 e. The van der Waals surface area contributed by atoms with Crippen LogP contribution in [0, 0.1) is 17.8 Å². The highest BCUT2D eigenvalue weighted by molar-refractivity contribution is 5.69. The Bertz CT molecular complexity index is 366. The van der Waals surface area contributed by atoms with Crippen molar-refractivity contribution in [3.05, 3.63) is 0 Å². The van der Waals surface area contributed by atoms with Gasteiger partial charge in [0.15, 0.2) is 0 Å². The Kier molecular flexibility index (Phi) is 8.54. The Morgan fingerprint density at radius 1 is 1.17 bits per heavy atom. The average Bonchev–Trinajstić information content (AvgIpc) is 2.55. The quantitative estimate of drug-likeness (QED) is 0.497. The Labute approximate surface area is 148 Å². The lowest BCUT2D eigenvalue weighted by molar-refractivity contribution is -0.156. The monoisotopic (exact) mass is 339 g/mol. The van der Waals surface area contributed by atoms with E-state index in [1.807, 2.05) is 0 Å². The number of hydrogen-bond acceptors (Lipinski definition) is 4. The molecule has 4 nitrogen and oxygen atoms in total. The van der Waals surface area contributed by atoms with Gasteiger partial charge in [0.2, 0.25) is 0 Å². The zero-order chi connectivity index (χ0) is 17.4. The van der Waals surface area contributed by atoms with Crippen molar-refractivity contribution in [3.63, 3.8) is 0 Å². The molecule has 140 valence electrons. The van der Waals surface area contributed by atoms with E-state index in [1.165, 1.54) is 19.3 Å². The topological polar surface area (TPSA) is 38.8 Å². The van der Waals surface area contributed by atoms with E-state index < -0.39 is 0 Å². The zero-order valence-corrected chi connectivity index (χ0v) is 16.0. The van der Waals surface area contributed by atoms with Crippen molar-refractivity contribution in [2.75, 3.05) is 32.8 Å². The fourth-order valence-electron chi connectivity index (χ4n) is 4.08. The van der Waals surface area contributed by atoms with Crippen LogP contribution in [0.5, 0.6) is 0 Å². The highest BCUT2D eigenvalue weighted by Crippen LogP contribution is 2.35. The van der Waals surface area contributed by atoms with E-state index in [1.54, 1.807) is 0 Å². The van der Waals surface area contributed by atoms with Crippen molar-refractivity contribution in [3.8, 4) is 0 Å². The van der Waals surface area contributed by atoms with E-state index in [2.05, 4.69) is 25.7 Å². The minimum absolute atomic E-state index is 0.0196. The first kappa shape index (κ1) is 19.7. The summed E-state index contributed by atoms with van der Waals surface area (Å²) in [4.78, 5) is 14.7. The van der Waals surface area contributed by atoms with Crippen molar-refractivity contribution >= 4 is 5.97 Å². The summed E-state index contributed by atoms with van der Waals surface area (Å²) in [5.74, 6) is 1.85. The molecule has 1 saturated heterocycles. The van der Waals surface area contributed by atoms with Crippen LogP contribution in [0.3, 0.4) is 0 Å². The highest BCUT2D eigenvalue weighted by Gasteiger charge is 2.33. The van der Waals surface area contributed by atoms with Gasteiger partial charge in [-0.15, -0.1) is 0 Å². The van der Waals surface area contributed by atoms with Crippen LogP contribution < -0.4 is 0 Å². The highest BCUT2D eigenvalue weighted by atomic mass is 16.5. The first-order chi connectivity index (χ1) is 11.6. The third kappa shape index (κ3) is 6.72. The van der Waals surface area contributed by atoms with E-state index in [9.17, 15) is 4.79 Å². The Balaban J connectivity index is 1.59. The van der Waals surface area contributed by atoms with Gasteiger partial charge in [0.05, 0.1) is 13.2 Å². The molecular weight excluding hydrogens is 302 g/mol. The van der Waals surface area contributed by atoms with Gasteiger partial charge in [-0.25, -0.2) is 0 Å². The second-order valence-electron chi connectivity index (χ2n) is 8.12. The Hall–Kier alpha value is -0.610. The Morgan fingerprint density at radius 2 is 1.92 bits per heavy atom. The summed E-state index contributed by atoms with van der Waals surface area (Å²) in [7, 11) is 0. The molecule has 0 amide bonds. The average molecular weight is 340 g/mol. The fourth-order valence-corrected chi connectivity index (χ4v) is 4.08. The van der Waals surface area contributed by atoms with E-state index >= 15 is 0 Å². The van der Waals surface area contributed by atoms with Gasteiger partial charge in [0.1, 0.15) is 6.10 Å². The van der Waals surface area contributed by atoms with E-state index in [4.69, 9.17) is 9.47 Å². The first-order valence-electron chi connectivity index (χ1n) is 10.1. The van der Waals surface area contributed by atoms with Gasteiger partial charge in [-0.1, -0.05) is 33.6 Å². The number of morpholine rings is 1. The standard InChI is InChI=1S/C20H37NO3/c1-16(2)18-9-8-17(3)15-19(18)24-20(22)7-5-4-6-10-21-11-13-23-14-12-21/h16-19H,4-15H2,1-3H3. The molecule has 2 aliphatic rings. The van der Waals surface area contributed by atoms with E-state index in [0.29, 0.717) is 24.2 Å². The second-order valence-corrected chi connectivity index (χ2v) is 8.12. The molecule has 2 fully saturated rings. The maximum Gasteiger partial charge on any atom is 0.306 e. The van der Waals surface area contributed by atoms with Crippen LogP contribution in [-0.4, -0.2) is 49.8 Å². The smallest absolute Gasteiger partial charge is 0.306 e. The maximum atomic E-state index is 12.2. The lowest BCUT2D eigenvalue weighted by atomic mass is 9.75. The number of rotatable bonds is 8. The number of nitrogens with zero attached hydrogens (tertiary/aromatic N) is 1. The molecule has 0 radical (unpaired) electrons. The molecule has 1 aliphatic carbocycles. The molecule has 0 aromatic carbocycles. The minimum Gasteiger partial charge on any atom is -0.462 e. The number of esters is 1. The molecule has 0 N–H and O–H groups in total. The van der Waals surface area contributed by atoms with Gasteiger partial charge >= 0.3 is 5.97 Å².